The van der Waals surface area contributed by atoms with Crippen LogP contribution in [0, 0.1) is 0 Å². The van der Waals surface area contributed by atoms with Crippen molar-refractivity contribution in [3.63, 3.8) is 0 Å². The van der Waals surface area contributed by atoms with Crippen LogP contribution < -0.4 is 0 Å². The molecule has 11 aromatic carbocycles. The Balaban J connectivity index is 1.27. The van der Waals surface area contributed by atoms with Gasteiger partial charge >= 0.3 is 0 Å². The summed E-state index contributed by atoms with van der Waals surface area (Å²) in [6.07, 6.45) is 0. The Labute approximate surface area is 322 Å². The molecule has 0 unspecified atom stereocenters. The lowest BCUT2D eigenvalue weighted by Gasteiger charge is -2.20. The molecule has 0 aliphatic carbocycles. The molecule has 12 rings (SSSR count). The minimum absolute atomic E-state index is 0.728. The standard InChI is InChI=1S/C54H32N2/c1-2-15-35(16-3-1)53-45-25-10-11-30-47(45)55-54(56-53)52-43-23-8-6-21-40(43)51(41-22-7-9-24-44(41)52)46-29-14-28-42-39-27-13-18-34-32-31-33-17-12-26-37(48(33)49(34)39)36-19-4-5-20-38(36)50(42)46/h1-32H. The first kappa shape index (κ1) is 31.0. The van der Waals surface area contributed by atoms with E-state index in [4.69, 9.17) is 9.97 Å². The molecular formula is C54H32N2. The largest absolute Gasteiger partial charge is 0.228 e. The first-order chi connectivity index (χ1) is 27.8. The molecule has 0 aliphatic rings. The minimum atomic E-state index is 0.728. The van der Waals surface area contributed by atoms with Crippen LogP contribution in [0.2, 0.25) is 0 Å². The highest BCUT2D eigenvalue weighted by Crippen LogP contribution is 2.48. The number of rotatable bonds is 3. The molecule has 0 fully saturated rings. The molecule has 12 aromatic rings. The van der Waals surface area contributed by atoms with Crippen molar-refractivity contribution in [2.45, 2.75) is 0 Å². The van der Waals surface area contributed by atoms with E-state index >= 15 is 0 Å². The van der Waals surface area contributed by atoms with Crippen LogP contribution in [0.1, 0.15) is 0 Å². The van der Waals surface area contributed by atoms with E-state index in [1.54, 1.807) is 0 Å². The molecular weight excluding hydrogens is 677 g/mol. The van der Waals surface area contributed by atoms with Gasteiger partial charge in [-0.05, 0) is 92.6 Å². The van der Waals surface area contributed by atoms with E-state index < -0.39 is 0 Å². The Bertz CT molecular complexity index is 3530. The van der Waals surface area contributed by atoms with Crippen molar-refractivity contribution < 1.29 is 0 Å². The number of fused-ring (bicyclic) bond motifs is 8. The Kier molecular flexibility index (Phi) is 6.66. The summed E-state index contributed by atoms with van der Waals surface area (Å²) in [6, 6.07) is 70.5. The molecule has 0 spiro atoms. The summed E-state index contributed by atoms with van der Waals surface area (Å²) < 4.78 is 0. The van der Waals surface area contributed by atoms with Crippen molar-refractivity contribution >= 4 is 86.3 Å². The highest BCUT2D eigenvalue weighted by molar-refractivity contribution is 6.35. The van der Waals surface area contributed by atoms with Crippen molar-refractivity contribution in [2.75, 3.05) is 0 Å². The smallest absolute Gasteiger partial charge is 0.161 e. The van der Waals surface area contributed by atoms with Gasteiger partial charge in [0.05, 0.1) is 11.2 Å². The lowest BCUT2D eigenvalue weighted by atomic mass is 9.84. The number of hydrogen-bond donors (Lipinski definition) is 0. The van der Waals surface area contributed by atoms with Crippen molar-refractivity contribution in [2.24, 2.45) is 0 Å². The van der Waals surface area contributed by atoms with Gasteiger partial charge in [-0.15, -0.1) is 0 Å². The molecule has 1 heterocycles. The van der Waals surface area contributed by atoms with Gasteiger partial charge in [0.1, 0.15) is 0 Å². The van der Waals surface area contributed by atoms with Crippen molar-refractivity contribution in [1.29, 1.82) is 0 Å². The summed E-state index contributed by atoms with van der Waals surface area (Å²) in [6.45, 7) is 0. The second kappa shape index (κ2) is 12.0. The van der Waals surface area contributed by atoms with Gasteiger partial charge in [-0.25, -0.2) is 9.97 Å². The van der Waals surface area contributed by atoms with Gasteiger partial charge in [0.2, 0.25) is 0 Å². The van der Waals surface area contributed by atoms with Crippen LogP contribution in [0.5, 0.6) is 0 Å². The molecule has 0 bridgehead atoms. The molecule has 258 valence electrons. The highest BCUT2D eigenvalue weighted by atomic mass is 14.9. The zero-order chi connectivity index (χ0) is 36.7. The van der Waals surface area contributed by atoms with E-state index in [9.17, 15) is 0 Å². The predicted octanol–water partition coefficient (Wildman–Crippen LogP) is 14.7. The summed E-state index contributed by atoms with van der Waals surface area (Å²) in [4.78, 5) is 10.7. The number of benzene rings is 10. The van der Waals surface area contributed by atoms with Gasteiger partial charge in [-0.3, -0.25) is 0 Å². The Morgan fingerprint density at radius 2 is 0.714 bits per heavy atom. The quantitative estimate of drug-likeness (QED) is 0.135. The van der Waals surface area contributed by atoms with Gasteiger partial charge < -0.3 is 0 Å². The maximum atomic E-state index is 5.42. The van der Waals surface area contributed by atoms with E-state index in [0.717, 1.165) is 44.3 Å². The first-order valence-corrected chi connectivity index (χ1v) is 19.3. The number of hydrogen-bond acceptors (Lipinski definition) is 2. The van der Waals surface area contributed by atoms with E-state index in [0.29, 0.717) is 0 Å². The monoisotopic (exact) mass is 708 g/mol. The van der Waals surface area contributed by atoms with Crippen LogP contribution in [0.4, 0.5) is 0 Å². The van der Waals surface area contributed by atoms with E-state index in [2.05, 4.69) is 194 Å². The Morgan fingerprint density at radius 3 is 1.36 bits per heavy atom. The van der Waals surface area contributed by atoms with Crippen molar-refractivity contribution in [1.82, 2.24) is 9.97 Å². The summed E-state index contributed by atoms with van der Waals surface area (Å²) in [7, 11) is 0. The fourth-order valence-electron chi connectivity index (χ4n) is 9.48. The molecule has 0 saturated heterocycles. The predicted molar refractivity (Wildman–Crippen MR) is 238 cm³/mol. The van der Waals surface area contributed by atoms with Crippen LogP contribution in [-0.2, 0) is 0 Å². The average molecular weight is 709 g/mol. The summed E-state index contributed by atoms with van der Waals surface area (Å²) in [5, 5.41) is 18.3. The third-order valence-corrected chi connectivity index (χ3v) is 11.8. The van der Waals surface area contributed by atoms with E-state index in [1.165, 1.54) is 75.8 Å². The number of nitrogens with zero attached hydrogens (tertiary/aromatic N) is 2. The Hall–Kier alpha value is -7.42. The summed E-state index contributed by atoms with van der Waals surface area (Å²) in [5.41, 5.74) is 6.42. The lowest BCUT2D eigenvalue weighted by molar-refractivity contribution is 1.24. The molecule has 0 atom stereocenters. The van der Waals surface area contributed by atoms with Crippen molar-refractivity contribution in [3.8, 4) is 33.8 Å². The second-order valence-corrected chi connectivity index (χ2v) is 14.8. The zero-order valence-corrected chi connectivity index (χ0v) is 30.4. The summed E-state index contributed by atoms with van der Waals surface area (Å²) >= 11 is 0. The lowest BCUT2D eigenvalue weighted by Crippen LogP contribution is -1.98. The molecule has 2 heteroatoms. The first-order valence-electron chi connectivity index (χ1n) is 19.3. The molecule has 1 aromatic heterocycles. The van der Waals surface area contributed by atoms with Crippen LogP contribution in [-0.4, -0.2) is 9.97 Å². The normalized spacial score (nSPS) is 11.9. The molecule has 0 N–H and O–H groups in total. The maximum absolute atomic E-state index is 5.42. The average Bonchev–Trinajstić information content (AvgIpc) is 3.27. The fraction of sp³-hybridized carbons (Fsp3) is 0. The SMILES string of the molecule is c1ccc(-c2nc(-c3c4ccccc4c(-c4cccc5c6cccc7ccc8cccc(c9ccccc9c45)c8c76)c4ccccc34)nc3ccccc23)cc1. The minimum Gasteiger partial charge on any atom is -0.228 e. The van der Waals surface area contributed by atoms with Crippen molar-refractivity contribution in [3.05, 3.63) is 194 Å². The maximum Gasteiger partial charge on any atom is 0.161 e. The topological polar surface area (TPSA) is 25.8 Å². The summed E-state index contributed by atoms with van der Waals surface area (Å²) in [5.74, 6) is 0.728. The van der Waals surface area contributed by atoms with Gasteiger partial charge in [0.25, 0.3) is 0 Å². The van der Waals surface area contributed by atoms with Gasteiger partial charge in [-0.1, -0.05) is 188 Å². The zero-order valence-electron chi connectivity index (χ0n) is 30.4. The van der Waals surface area contributed by atoms with Crippen LogP contribution in [0.15, 0.2) is 194 Å². The molecule has 0 saturated carbocycles. The highest BCUT2D eigenvalue weighted by Gasteiger charge is 2.22. The van der Waals surface area contributed by atoms with Gasteiger partial charge in [-0.2, -0.15) is 0 Å². The van der Waals surface area contributed by atoms with Gasteiger partial charge in [0.15, 0.2) is 5.82 Å². The third kappa shape index (κ3) is 4.44. The van der Waals surface area contributed by atoms with Crippen LogP contribution >= 0.6 is 0 Å². The third-order valence-electron chi connectivity index (χ3n) is 11.8. The van der Waals surface area contributed by atoms with Crippen LogP contribution in [0.25, 0.3) is 120 Å². The van der Waals surface area contributed by atoms with Crippen LogP contribution in [0.3, 0.4) is 0 Å². The Morgan fingerprint density at radius 1 is 0.268 bits per heavy atom. The molecule has 0 aliphatic heterocycles. The van der Waals surface area contributed by atoms with E-state index in [1.807, 2.05) is 0 Å². The molecule has 56 heavy (non-hydrogen) atoms. The molecule has 0 amide bonds. The molecule has 2 nitrogen and oxygen atoms in total. The second-order valence-electron chi connectivity index (χ2n) is 14.8. The van der Waals surface area contributed by atoms with Gasteiger partial charge in [0, 0.05) is 16.5 Å². The number of para-hydroxylation sites is 1. The molecule has 0 radical (unpaired) electrons. The van der Waals surface area contributed by atoms with E-state index in [-0.39, 0.29) is 0 Å². The fourth-order valence-corrected chi connectivity index (χ4v) is 9.48. The number of aromatic nitrogens is 2.